The summed E-state index contributed by atoms with van der Waals surface area (Å²) in [6, 6.07) is 11.8. The van der Waals surface area contributed by atoms with Crippen LogP contribution in [0.25, 0.3) is 0 Å². The van der Waals surface area contributed by atoms with E-state index in [0.717, 1.165) is 0 Å². The van der Waals surface area contributed by atoms with Crippen molar-refractivity contribution in [2.45, 2.75) is 0 Å². The van der Waals surface area contributed by atoms with Gasteiger partial charge in [-0.3, -0.25) is 9.59 Å². The monoisotopic (exact) mass is 386 g/mol. The topological polar surface area (TPSA) is 67.4 Å². The fourth-order valence-corrected chi connectivity index (χ4v) is 2.31. The lowest BCUT2D eigenvalue weighted by atomic mass is 10.3. The molecule has 24 heavy (non-hydrogen) atoms. The molecular formula is C16H13Cl3N2O3. The molecule has 2 rings (SSSR count). The van der Waals surface area contributed by atoms with Crippen LogP contribution in [-0.2, 0) is 9.59 Å². The molecule has 2 N–H and O–H groups in total. The number of para-hydroxylation sites is 1. The lowest BCUT2D eigenvalue weighted by Gasteiger charge is -2.10. The van der Waals surface area contributed by atoms with Crippen molar-refractivity contribution >= 4 is 52.3 Å². The Morgan fingerprint density at radius 2 is 1.58 bits per heavy atom. The van der Waals surface area contributed by atoms with Crippen LogP contribution in [0.4, 0.5) is 5.69 Å². The summed E-state index contributed by atoms with van der Waals surface area (Å²) in [4.78, 5) is 23.4. The highest BCUT2D eigenvalue weighted by molar-refractivity contribution is 6.43. The van der Waals surface area contributed by atoms with Gasteiger partial charge in [0.25, 0.3) is 5.91 Å². The molecule has 0 spiro atoms. The maximum atomic E-state index is 11.7. The SMILES string of the molecule is O=C(COc1cc(Cl)c(Cl)cc1Cl)NCC(=O)Nc1ccccc1. The summed E-state index contributed by atoms with van der Waals surface area (Å²) in [5.74, 6) is -0.586. The Morgan fingerprint density at radius 3 is 2.29 bits per heavy atom. The Kier molecular flexibility index (Phi) is 6.73. The van der Waals surface area contributed by atoms with E-state index in [1.807, 2.05) is 6.07 Å². The molecule has 2 aromatic carbocycles. The fraction of sp³-hybridized carbons (Fsp3) is 0.125. The minimum Gasteiger partial charge on any atom is -0.482 e. The molecule has 0 aliphatic rings. The molecule has 0 aliphatic carbocycles. The average Bonchev–Trinajstić information content (AvgIpc) is 2.56. The summed E-state index contributed by atoms with van der Waals surface area (Å²) < 4.78 is 5.27. The summed E-state index contributed by atoms with van der Waals surface area (Å²) in [5.41, 5.74) is 0.649. The van der Waals surface area contributed by atoms with E-state index in [-0.39, 0.29) is 39.9 Å². The van der Waals surface area contributed by atoms with Crippen LogP contribution in [0.5, 0.6) is 5.75 Å². The van der Waals surface area contributed by atoms with Crippen LogP contribution in [0, 0.1) is 0 Å². The van der Waals surface area contributed by atoms with Crippen molar-refractivity contribution in [2.24, 2.45) is 0 Å². The van der Waals surface area contributed by atoms with E-state index in [4.69, 9.17) is 39.5 Å². The summed E-state index contributed by atoms with van der Waals surface area (Å²) in [6.07, 6.45) is 0. The third-order valence-electron chi connectivity index (χ3n) is 2.84. The second-order valence-corrected chi connectivity index (χ2v) is 5.90. The molecule has 5 nitrogen and oxygen atoms in total. The first-order valence-electron chi connectivity index (χ1n) is 6.84. The molecule has 0 radical (unpaired) electrons. The average molecular weight is 388 g/mol. The van der Waals surface area contributed by atoms with E-state index in [1.165, 1.54) is 12.1 Å². The molecule has 0 fully saturated rings. The summed E-state index contributed by atoms with van der Waals surface area (Å²) >= 11 is 17.6. The van der Waals surface area contributed by atoms with Crippen molar-refractivity contribution in [1.29, 1.82) is 0 Å². The summed E-state index contributed by atoms with van der Waals surface area (Å²) in [6.45, 7) is -0.484. The molecule has 2 amide bonds. The van der Waals surface area contributed by atoms with Gasteiger partial charge in [0.05, 0.1) is 21.6 Å². The van der Waals surface area contributed by atoms with E-state index >= 15 is 0 Å². The van der Waals surface area contributed by atoms with Crippen molar-refractivity contribution in [3.05, 3.63) is 57.5 Å². The van der Waals surface area contributed by atoms with E-state index in [2.05, 4.69) is 10.6 Å². The van der Waals surface area contributed by atoms with E-state index < -0.39 is 5.91 Å². The van der Waals surface area contributed by atoms with Gasteiger partial charge in [-0.25, -0.2) is 0 Å². The Morgan fingerprint density at radius 1 is 0.917 bits per heavy atom. The highest BCUT2D eigenvalue weighted by Crippen LogP contribution is 2.33. The minimum atomic E-state index is -0.472. The number of ether oxygens (including phenoxy) is 1. The standard InChI is InChI=1S/C16H13Cl3N2O3/c17-11-6-13(19)14(7-12(11)18)24-9-16(23)20-8-15(22)21-10-4-2-1-3-5-10/h1-7H,8-9H2,(H,20,23)(H,21,22). The third kappa shape index (κ3) is 5.60. The summed E-state index contributed by atoms with van der Waals surface area (Å²) in [7, 11) is 0. The number of anilines is 1. The van der Waals surface area contributed by atoms with Gasteiger partial charge in [-0.15, -0.1) is 0 Å². The quantitative estimate of drug-likeness (QED) is 0.741. The van der Waals surface area contributed by atoms with Crippen LogP contribution in [0.15, 0.2) is 42.5 Å². The number of halogens is 3. The van der Waals surface area contributed by atoms with E-state index in [0.29, 0.717) is 5.69 Å². The van der Waals surface area contributed by atoms with Crippen LogP contribution >= 0.6 is 34.8 Å². The van der Waals surface area contributed by atoms with Crippen LogP contribution in [0.2, 0.25) is 15.1 Å². The van der Waals surface area contributed by atoms with Gasteiger partial charge in [0.2, 0.25) is 5.91 Å². The normalized spacial score (nSPS) is 10.1. The Hall–Kier alpha value is -1.95. The third-order valence-corrected chi connectivity index (χ3v) is 3.85. The van der Waals surface area contributed by atoms with Crippen LogP contribution in [-0.4, -0.2) is 25.0 Å². The van der Waals surface area contributed by atoms with Gasteiger partial charge in [-0.1, -0.05) is 53.0 Å². The Balaban J connectivity index is 1.77. The van der Waals surface area contributed by atoms with Crippen molar-refractivity contribution in [1.82, 2.24) is 5.32 Å². The minimum absolute atomic E-state index is 0.174. The van der Waals surface area contributed by atoms with Gasteiger partial charge >= 0.3 is 0 Å². The molecule has 126 valence electrons. The van der Waals surface area contributed by atoms with Gasteiger partial charge < -0.3 is 15.4 Å². The zero-order valence-corrected chi connectivity index (χ0v) is 14.6. The highest BCUT2D eigenvalue weighted by Gasteiger charge is 2.10. The zero-order chi connectivity index (χ0) is 17.5. The molecule has 0 aliphatic heterocycles. The predicted molar refractivity (Wildman–Crippen MR) is 95.0 cm³/mol. The molecule has 8 heteroatoms. The first-order chi connectivity index (χ1) is 11.5. The first-order valence-corrected chi connectivity index (χ1v) is 7.98. The molecule has 0 saturated heterocycles. The molecule has 0 unspecified atom stereocenters. The molecule has 0 saturated carbocycles. The van der Waals surface area contributed by atoms with Crippen LogP contribution < -0.4 is 15.4 Å². The summed E-state index contributed by atoms with van der Waals surface area (Å²) in [5, 5.41) is 5.87. The lowest BCUT2D eigenvalue weighted by Crippen LogP contribution is -2.35. The molecular weight excluding hydrogens is 375 g/mol. The number of nitrogens with one attached hydrogen (secondary N) is 2. The Bertz CT molecular complexity index is 739. The van der Waals surface area contributed by atoms with Gasteiger partial charge in [-0.2, -0.15) is 0 Å². The number of hydrogen-bond acceptors (Lipinski definition) is 3. The van der Waals surface area contributed by atoms with Crippen molar-refractivity contribution in [2.75, 3.05) is 18.5 Å². The first kappa shape index (κ1) is 18.4. The molecule has 0 atom stereocenters. The molecule has 0 aromatic heterocycles. The number of hydrogen-bond donors (Lipinski definition) is 2. The molecule has 0 bridgehead atoms. The molecule has 2 aromatic rings. The van der Waals surface area contributed by atoms with Gasteiger partial charge in [-0.05, 0) is 18.2 Å². The van der Waals surface area contributed by atoms with Crippen molar-refractivity contribution in [3.8, 4) is 5.75 Å². The van der Waals surface area contributed by atoms with Crippen molar-refractivity contribution < 1.29 is 14.3 Å². The fourth-order valence-electron chi connectivity index (χ4n) is 1.71. The maximum absolute atomic E-state index is 11.7. The van der Waals surface area contributed by atoms with E-state index in [1.54, 1.807) is 24.3 Å². The Labute approximate surface area is 153 Å². The largest absolute Gasteiger partial charge is 0.482 e. The van der Waals surface area contributed by atoms with Gasteiger partial charge in [0.15, 0.2) is 6.61 Å². The second-order valence-electron chi connectivity index (χ2n) is 4.68. The maximum Gasteiger partial charge on any atom is 0.258 e. The van der Waals surface area contributed by atoms with Crippen LogP contribution in [0.1, 0.15) is 0 Å². The lowest BCUT2D eigenvalue weighted by molar-refractivity contribution is -0.125. The second kappa shape index (κ2) is 8.78. The van der Waals surface area contributed by atoms with Gasteiger partial charge in [0, 0.05) is 11.8 Å². The molecule has 0 heterocycles. The number of amides is 2. The number of rotatable bonds is 6. The van der Waals surface area contributed by atoms with Crippen molar-refractivity contribution in [3.63, 3.8) is 0 Å². The number of carbonyl (C=O) groups is 2. The predicted octanol–water partition coefficient (Wildman–Crippen LogP) is 3.78. The number of carbonyl (C=O) groups excluding carboxylic acids is 2. The zero-order valence-electron chi connectivity index (χ0n) is 12.3. The smallest absolute Gasteiger partial charge is 0.258 e. The van der Waals surface area contributed by atoms with E-state index in [9.17, 15) is 9.59 Å². The van der Waals surface area contributed by atoms with Gasteiger partial charge in [0.1, 0.15) is 5.75 Å². The highest BCUT2D eigenvalue weighted by atomic mass is 35.5. The van der Waals surface area contributed by atoms with Crippen LogP contribution in [0.3, 0.4) is 0 Å². The number of benzene rings is 2.